The minimum Gasteiger partial charge on any atom is -0.493 e. The third-order valence-electron chi connectivity index (χ3n) is 3.40. The third-order valence-corrected chi connectivity index (χ3v) is 4.86. The fourth-order valence-corrected chi connectivity index (χ4v) is 3.24. The number of benzene rings is 1. The van der Waals surface area contributed by atoms with Crippen LogP contribution in [0.2, 0.25) is 0 Å². The molecule has 0 unspecified atom stereocenters. The van der Waals surface area contributed by atoms with Gasteiger partial charge in [-0.15, -0.1) is 0 Å². The first kappa shape index (κ1) is 12.9. The molecule has 6 heteroatoms. The van der Waals surface area contributed by atoms with Gasteiger partial charge in [0.15, 0.2) is 0 Å². The highest BCUT2D eigenvalue weighted by Gasteiger charge is 2.21. The smallest absolute Gasteiger partial charge is 0.240 e. The second-order valence-electron chi connectivity index (χ2n) is 4.99. The van der Waals surface area contributed by atoms with E-state index >= 15 is 0 Å². The Kier molecular flexibility index (Phi) is 3.47. The molecule has 0 amide bonds. The molecular formula is C13H18N2O3S. The first-order valence-electron chi connectivity index (χ1n) is 6.64. The van der Waals surface area contributed by atoms with Gasteiger partial charge in [0.1, 0.15) is 5.75 Å². The van der Waals surface area contributed by atoms with Gasteiger partial charge in [0.05, 0.1) is 11.5 Å². The van der Waals surface area contributed by atoms with Gasteiger partial charge in [0.25, 0.3) is 0 Å². The molecule has 104 valence electrons. The fourth-order valence-electron chi connectivity index (χ4n) is 2.16. The van der Waals surface area contributed by atoms with E-state index in [0.29, 0.717) is 30.6 Å². The number of sulfonamides is 1. The zero-order valence-corrected chi connectivity index (χ0v) is 11.5. The first-order valence-corrected chi connectivity index (χ1v) is 8.12. The van der Waals surface area contributed by atoms with Crippen LogP contribution in [0.5, 0.6) is 5.75 Å². The van der Waals surface area contributed by atoms with Gasteiger partial charge in [-0.05, 0) is 36.6 Å². The van der Waals surface area contributed by atoms with E-state index in [2.05, 4.69) is 10.0 Å². The van der Waals surface area contributed by atoms with E-state index in [1.165, 1.54) is 12.8 Å². The van der Waals surface area contributed by atoms with E-state index in [4.69, 9.17) is 4.74 Å². The van der Waals surface area contributed by atoms with E-state index in [0.717, 1.165) is 17.7 Å². The second kappa shape index (κ2) is 5.11. The van der Waals surface area contributed by atoms with Gasteiger partial charge in [-0.25, -0.2) is 13.1 Å². The number of rotatable bonds is 6. The summed E-state index contributed by atoms with van der Waals surface area (Å²) in [4.78, 5) is 0.322. The van der Waals surface area contributed by atoms with Crippen LogP contribution in [0.25, 0.3) is 0 Å². The van der Waals surface area contributed by atoms with Crippen molar-refractivity contribution in [3.8, 4) is 5.75 Å². The van der Waals surface area contributed by atoms with Crippen LogP contribution in [-0.4, -0.2) is 34.2 Å². The van der Waals surface area contributed by atoms with Crippen molar-refractivity contribution in [2.24, 2.45) is 0 Å². The van der Waals surface area contributed by atoms with Crippen molar-refractivity contribution >= 4 is 10.0 Å². The summed E-state index contributed by atoms with van der Waals surface area (Å²) in [5.74, 6) is 0.800. The molecule has 0 saturated heterocycles. The molecule has 1 aromatic rings. The first-order chi connectivity index (χ1) is 9.15. The van der Waals surface area contributed by atoms with E-state index in [1.807, 2.05) is 0 Å². The Morgan fingerprint density at radius 3 is 2.89 bits per heavy atom. The van der Waals surface area contributed by atoms with Gasteiger partial charge in [0, 0.05) is 25.6 Å². The van der Waals surface area contributed by atoms with Crippen LogP contribution >= 0.6 is 0 Å². The lowest BCUT2D eigenvalue weighted by Gasteiger charge is -2.08. The van der Waals surface area contributed by atoms with Crippen molar-refractivity contribution in [2.45, 2.75) is 30.2 Å². The molecule has 5 nitrogen and oxygen atoms in total. The Bertz CT molecular complexity index is 567. The summed E-state index contributed by atoms with van der Waals surface area (Å²) in [7, 11) is -3.40. The molecule has 0 aromatic heterocycles. The molecule has 0 bridgehead atoms. The molecule has 1 aliphatic carbocycles. The Balaban J connectivity index is 1.62. The molecule has 19 heavy (non-hydrogen) atoms. The average molecular weight is 282 g/mol. The molecule has 2 N–H and O–H groups in total. The fraction of sp³-hybridized carbons (Fsp3) is 0.538. The van der Waals surface area contributed by atoms with Gasteiger partial charge < -0.3 is 10.1 Å². The molecule has 1 fully saturated rings. The molecule has 1 aliphatic heterocycles. The Morgan fingerprint density at radius 2 is 2.11 bits per heavy atom. The molecule has 2 aliphatic rings. The van der Waals surface area contributed by atoms with Crippen LogP contribution in [0.4, 0.5) is 0 Å². The normalized spacial score (nSPS) is 18.1. The Hall–Kier alpha value is -1.11. The standard InChI is InChI=1S/C13H18N2O3S/c16-19(17,15-7-6-14-11-1-2-11)12-3-4-13-10(9-12)5-8-18-13/h3-4,9,11,14-15H,1-2,5-8H2. The topological polar surface area (TPSA) is 67.4 Å². The summed E-state index contributed by atoms with van der Waals surface area (Å²) < 4.78 is 32.2. The van der Waals surface area contributed by atoms with Crippen molar-refractivity contribution in [1.29, 1.82) is 0 Å². The lowest BCUT2D eigenvalue weighted by atomic mass is 10.2. The quantitative estimate of drug-likeness (QED) is 0.752. The maximum atomic E-state index is 12.1. The highest BCUT2D eigenvalue weighted by Crippen LogP contribution is 2.27. The lowest BCUT2D eigenvalue weighted by molar-refractivity contribution is 0.356. The maximum Gasteiger partial charge on any atom is 0.240 e. The van der Waals surface area contributed by atoms with Gasteiger partial charge in [0.2, 0.25) is 10.0 Å². The van der Waals surface area contributed by atoms with E-state index in [-0.39, 0.29) is 0 Å². The minimum absolute atomic E-state index is 0.322. The number of ether oxygens (including phenoxy) is 1. The second-order valence-corrected chi connectivity index (χ2v) is 6.76. The van der Waals surface area contributed by atoms with Crippen LogP contribution in [0.15, 0.2) is 23.1 Å². The zero-order chi connectivity index (χ0) is 13.3. The van der Waals surface area contributed by atoms with Crippen molar-refractivity contribution < 1.29 is 13.2 Å². The highest BCUT2D eigenvalue weighted by atomic mass is 32.2. The predicted octanol–water partition coefficient (Wildman–Crippen LogP) is 0.652. The summed E-state index contributed by atoms with van der Waals surface area (Å²) in [6.45, 7) is 1.74. The van der Waals surface area contributed by atoms with Gasteiger partial charge >= 0.3 is 0 Å². The molecule has 0 spiro atoms. The van der Waals surface area contributed by atoms with Crippen LogP contribution in [-0.2, 0) is 16.4 Å². The van der Waals surface area contributed by atoms with Gasteiger partial charge in [-0.1, -0.05) is 0 Å². The van der Waals surface area contributed by atoms with E-state index < -0.39 is 10.0 Å². The molecule has 1 saturated carbocycles. The zero-order valence-electron chi connectivity index (χ0n) is 10.7. The molecule has 1 aromatic carbocycles. The SMILES string of the molecule is O=S(=O)(NCCNC1CC1)c1ccc2c(c1)CCO2. The summed E-state index contributed by atoms with van der Waals surface area (Å²) in [6.07, 6.45) is 3.19. The average Bonchev–Trinajstić information content (AvgIpc) is 3.09. The maximum absolute atomic E-state index is 12.1. The Morgan fingerprint density at radius 1 is 1.26 bits per heavy atom. The largest absolute Gasteiger partial charge is 0.493 e. The summed E-state index contributed by atoms with van der Waals surface area (Å²) in [5, 5.41) is 3.28. The van der Waals surface area contributed by atoms with Crippen molar-refractivity contribution in [3.63, 3.8) is 0 Å². The van der Waals surface area contributed by atoms with E-state index in [1.54, 1.807) is 18.2 Å². The summed E-state index contributed by atoms with van der Waals surface area (Å²) in [6, 6.07) is 5.64. The van der Waals surface area contributed by atoms with Crippen LogP contribution in [0, 0.1) is 0 Å². The number of nitrogens with one attached hydrogen (secondary N) is 2. The number of hydrogen-bond acceptors (Lipinski definition) is 4. The molecule has 3 rings (SSSR count). The summed E-state index contributed by atoms with van der Waals surface area (Å²) in [5.41, 5.74) is 0.971. The molecular weight excluding hydrogens is 264 g/mol. The third kappa shape index (κ3) is 3.08. The Labute approximate surface area is 113 Å². The lowest BCUT2D eigenvalue weighted by Crippen LogP contribution is -2.32. The van der Waals surface area contributed by atoms with Gasteiger partial charge in [-0.2, -0.15) is 0 Å². The number of fused-ring (bicyclic) bond motifs is 1. The molecule has 0 radical (unpaired) electrons. The number of hydrogen-bond donors (Lipinski definition) is 2. The minimum atomic E-state index is -3.40. The van der Waals surface area contributed by atoms with Crippen LogP contribution in [0.1, 0.15) is 18.4 Å². The van der Waals surface area contributed by atoms with Gasteiger partial charge in [-0.3, -0.25) is 0 Å². The monoisotopic (exact) mass is 282 g/mol. The van der Waals surface area contributed by atoms with E-state index in [9.17, 15) is 8.42 Å². The van der Waals surface area contributed by atoms with Crippen molar-refractivity contribution in [3.05, 3.63) is 23.8 Å². The molecule has 1 heterocycles. The van der Waals surface area contributed by atoms with Crippen molar-refractivity contribution in [1.82, 2.24) is 10.0 Å². The molecule has 0 atom stereocenters. The van der Waals surface area contributed by atoms with Crippen molar-refractivity contribution in [2.75, 3.05) is 19.7 Å². The summed E-state index contributed by atoms with van der Waals surface area (Å²) >= 11 is 0. The predicted molar refractivity (Wildman–Crippen MR) is 71.9 cm³/mol. The highest BCUT2D eigenvalue weighted by molar-refractivity contribution is 7.89. The van der Waals surface area contributed by atoms with Crippen LogP contribution in [0.3, 0.4) is 0 Å². The van der Waals surface area contributed by atoms with Crippen LogP contribution < -0.4 is 14.8 Å².